The van der Waals surface area contributed by atoms with Gasteiger partial charge in [-0.1, -0.05) is 12.1 Å². The molecule has 2 aromatic carbocycles. The number of halogens is 3. The summed E-state index contributed by atoms with van der Waals surface area (Å²) in [6, 6.07) is 5.23. The summed E-state index contributed by atoms with van der Waals surface area (Å²) >= 11 is 0. The summed E-state index contributed by atoms with van der Waals surface area (Å²) in [7, 11) is 0. The second-order valence-corrected chi connectivity index (χ2v) is 6.30. The molecular formula is C19H12F3NO6. The summed E-state index contributed by atoms with van der Waals surface area (Å²) < 4.78 is 38.0. The first-order valence-electron chi connectivity index (χ1n) is 8.15. The molecular weight excluding hydrogens is 395 g/mol. The van der Waals surface area contributed by atoms with Gasteiger partial charge in [0.1, 0.15) is 6.04 Å². The molecule has 0 bridgehead atoms. The Labute approximate surface area is 161 Å². The van der Waals surface area contributed by atoms with Crippen LogP contribution in [0.2, 0.25) is 0 Å². The molecule has 2 aromatic rings. The second-order valence-electron chi connectivity index (χ2n) is 6.30. The summed E-state index contributed by atoms with van der Waals surface area (Å²) in [5.41, 5.74) is -1.38. The molecule has 0 saturated carbocycles. The average molecular weight is 407 g/mol. The minimum Gasteiger partial charge on any atom is -0.480 e. The van der Waals surface area contributed by atoms with Crippen molar-refractivity contribution in [1.29, 1.82) is 0 Å². The van der Waals surface area contributed by atoms with Crippen LogP contribution >= 0.6 is 0 Å². The Kier molecular flexibility index (Phi) is 4.87. The number of carboxylic acid groups (broad SMARTS) is 2. The van der Waals surface area contributed by atoms with E-state index in [4.69, 9.17) is 5.11 Å². The van der Waals surface area contributed by atoms with Crippen LogP contribution in [-0.4, -0.2) is 44.9 Å². The zero-order valence-electron chi connectivity index (χ0n) is 14.4. The molecule has 1 aliphatic heterocycles. The smallest absolute Gasteiger partial charge is 0.416 e. The van der Waals surface area contributed by atoms with E-state index in [0.29, 0.717) is 4.90 Å². The number of imide groups is 1. The minimum atomic E-state index is -4.56. The van der Waals surface area contributed by atoms with Gasteiger partial charge in [-0.15, -0.1) is 0 Å². The van der Waals surface area contributed by atoms with Gasteiger partial charge in [-0.2, -0.15) is 13.2 Å². The summed E-state index contributed by atoms with van der Waals surface area (Å²) in [4.78, 5) is 48.4. The number of benzene rings is 2. The number of carboxylic acids is 2. The van der Waals surface area contributed by atoms with Crippen LogP contribution in [0, 0.1) is 0 Å². The number of rotatable bonds is 5. The maximum atomic E-state index is 12.7. The first-order valence-corrected chi connectivity index (χ1v) is 8.15. The molecule has 0 saturated heterocycles. The monoisotopic (exact) mass is 407 g/mol. The number of carbonyl (C=O) groups is 4. The molecule has 0 fully saturated rings. The highest BCUT2D eigenvalue weighted by Gasteiger charge is 2.43. The molecule has 2 amide bonds. The third-order valence-corrected chi connectivity index (χ3v) is 4.47. The molecule has 150 valence electrons. The fraction of sp³-hybridized carbons (Fsp3) is 0.158. The van der Waals surface area contributed by atoms with E-state index in [1.54, 1.807) is 0 Å². The van der Waals surface area contributed by atoms with Gasteiger partial charge in [0.15, 0.2) is 0 Å². The topological polar surface area (TPSA) is 112 Å². The van der Waals surface area contributed by atoms with E-state index in [1.807, 2.05) is 0 Å². The Morgan fingerprint density at radius 2 is 1.52 bits per heavy atom. The van der Waals surface area contributed by atoms with E-state index < -0.39 is 48.0 Å². The summed E-state index contributed by atoms with van der Waals surface area (Å²) in [6.07, 6.45) is -4.97. The minimum absolute atomic E-state index is 0.140. The van der Waals surface area contributed by atoms with E-state index in [-0.39, 0.29) is 22.3 Å². The largest absolute Gasteiger partial charge is 0.480 e. The molecule has 1 atom stereocenters. The summed E-state index contributed by atoms with van der Waals surface area (Å²) in [5, 5.41) is 18.5. The number of nitrogens with zero attached hydrogens (tertiary/aromatic N) is 1. The van der Waals surface area contributed by atoms with Crippen molar-refractivity contribution >= 4 is 23.8 Å². The Morgan fingerprint density at radius 1 is 0.931 bits per heavy atom. The lowest BCUT2D eigenvalue weighted by Crippen LogP contribution is -2.46. The van der Waals surface area contributed by atoms with Crippen molar-refractivity contribution in [3.8, 4) is 0 Å². The maximum Gasteiger partial charge on any atom is 0.416 e. The van der Waals surface area contributed by atoms with Crippen molar-refractivity contribution in [2.75, 3.05) is 0 Å². The third-order valence-electron chi connectivity index (χ3n) is 4.47. The number of hydrogen-bond donors (Lipinski definition) is 2. The van der Waals surface area contributed by atoms with Gasteiger partial charge in [0.05, 0.1) is 22.3 Å². The zero-order valence-corrected chi connectivity index (χ0v) is 14.4. The van der Waals surface area contributed by atoms with Gasteiger partial charge in [0, 0.05) is 6.42 Å². The SMILES string of the molecule is O=C(O)c1ccc2c(c1)C(=O)N([C@H](Cc1ccc(C(F)(F)F)cc1)C(=O)O)C2=O. The number of hydrogen-bond acceptors (Lipinski definition) is 4. The van der Waals surface area contributed by atoms with Crippen molar-refractivity contribution in [2.45, 2.75) is 18.6 Å². The van der Waals surface area contributed by atoms with E-state index in [0.717, 1.165) is 42.5 Å². The van der Waals surface area contributed by atoms with Crippen LogP contribution in [0.4, 0.5) is 13.2 Å². The van der Waals surface area contributed by atoms with Crippen LogP contribution in [-0.2, 0) is 17.4 Å². The Hall–Kier alpha value is -3.69. The van der Waals surface area contributed by atoms with Gasteiger partial charge in [-0.05, 0) is 35.9 Å². The molecule has 0 radical (unpaired) electrons. The van der Waals surface area contributed by atoms with E-state index in [1.165, 1.54) is 0 Å². The molecule has 3 rings (SSSR count). The van der Waals surface area contributed by atoms with Gasteiger partial charge in [-0.25, -0.2) is 9.59 Å². The van der Waals surface area contributed by atoms with Crippen molar-refractivity contribution in [1.82, 2.24) is 4.90 Å². The Bertz CT molecular complexity index is 1030. The van der Waals surface area contributed by atoms with Crippen molar-refractivity contribution in [2.24, 2.45) is 0 Å². The van der Waals surface area contributed by atoms with Crippen molar-refractivity contribution in [3.63, 3.8) is 0 Å². The van der Waals surface area contributed by atoms with Crippen molar-refractivity contribution in [3.05, 3.63) is 70.3 Å². The molecule has 0 spiro atoms. The Morgan fingerprint density at radius 3 is 2.03 bits per heavy atom. The molecule has 0 aromatic heterocycles. The fourth-order valence-corrected chi connectivity index (χ4v) is 3.02. The predicted octanol–water partition coefficient (Wildman–Crippen LogP) is 2.70. The second kappa shape index (κ2) is 7.04. The summed E-state index contributed by atoms with van der Waals surface area (Å²) in [5.74, 6) is -4.75. The molecule has 0 aliphatic carbocycles. The van der Waals surface area contributed by atoms with Gasteiger partial charge < -0.3 is 10.2 Å². The number of alkyl halides is 3. The van der Waals surface area contributed by atoms with Gasteiger partial charge in [0.25, 0.3) is 11.8 Å². The molecule has 29 heavy (non-hydrogen) atoms. The first-order chi connectivity index (χ1) is 13.5. The van der Waals surface area contributed by atoms with Crippen LogP contribution in [0.1, 0.15) is 42.2 Å². The molecule has 7 nitrogen and oxygen atoms in total. The van der Waals surface area contributed by atoms with Gasteiger partial charge >= 0.3 is 18.1 Å². The maximum absolute atomic E-state index is 12.7. The Balaban J connectivity index is 1.92. The highest BCUT2D eigenvalue weighted by molar-refractivity contribution is 6.23. The lowest BCUT2D eigenvalue weighted by molar-refractivity contribution is -0.141. The molecule has 2 N–H and O–H groups in total. The fourth-order valence-electron chi connectivity index (χ4n) is 3.02. The van der Waals surface area contributed by atoms with Crippen molar-refractivity contribution < 1.29 is 42.6 Å². The molecule has 1 heterocycles. The molecule has 0 unspecified atom stereocenters. The lowest BCUT2D eigenvalue weighted by atomic mass is 10.0. The predicted molar refractivity (Wildman–Crippen MR) is 90.5 cm³/mol. The highest BCUT2D eigenvalue weighted by Crippen LogP contribution is 2.30. The standard InChI is InChI=1S/C19H12F3NO6/c20-19(21,22)11-4-1-9(2-5-11)7-14(18(28)29)23-15(24)12-6-3-10(17(26)27)8-13(12)16(23)25/h1-6,8,14H,7H2,(H,26,27)(H,28,29)/t14-/m1/s1. The van der Waals surface area contributed by atoms with Crippen LogP contribution < -0.4 is 0 Å². The first kappa shape index (κ1) is 20.1. The zero-order chi connectivity index (χ0) is 21.5. The van der Waals surface area contributed by atoms with Crippen LogP contribution in [0.25, 0.3) is 0 Å². The van der Waals surface area contributed by atoms with Crippen LogP contribution in [0.5, 0.6) is 0 Å². The molecule has 1 aliphatic rings. The van der Waals surface area contributed by atoms with Crippen LogP contribution in [0.15, 0.2) is 42.5 Å². The third kappa shape index (κ3) is 3.68. The number of aromatic carboxylic acids is 1. The lowest BCUT2D eigenvalue weighted by Gasteiger charge is -2.22. The van der Waals surface area contributed by atoms with E-state index in [9.17, 15) is 37.5 Å². The number of aliphatic carboxylic acids is 1. The van der Waals surface area contributed by atoms with E-state index >= 15 is 0 Å². The normalized spacial score (nSPS) is 14.7. The number of amides is 2. The number of fused-ring (bicyclic) bond motifs is 1. The van der Waals surface area contributed by atoms with Crippen LogP contribution in [0.3, 0.4) is 0 Å². The summed E-state index contributed by atoms with van der Waals surface area (Å²) in [6.45, 7) is 0. The van der Waals surface area contributed by atoms with E-state index in [2.05, 4.69) is 0 Å². The quantitative estimate of drug-likeness (QED) is 0.737. The number of carbonyl (C=O) groups excluding carboxylic acids is 2. The average Bonchev–Trinajstić information content (AvgIpc) is 2.89. The highest BCUT2D eigenvalue weighted by atomic mass is 19.4. The van der Waals surface area contributed by atoms with Gasteiger partial charge in [-0.3, -0.25) is 14.5 Å². The van der Waals surface area contributed by atoms with Gasteiger partial charge in [0.2, 0.25) is 0 Å². The molecule has 10 heteroatoms.